The maximum Gasteiger partial charge on any atom is 0.488 e. The Balaban J connectivity index is 0.000000122. The maximum absolute atomic E-state index is 9.22. The molecule has 0 aliphatic rings. The highest BCUT2D eigenvalue weighted by atomic mass is 79.9. The van der Waals surface area contributed by atoms with Crippen molar-refractivity contribution in [2.45, 2.75) is 0 Å². The molecule has 0 aliphatic carbocycles. The number of rotatable bonds is 4. The fourth-order valence-corrected chi connectivity index (χ4v) is 9.48. The zero-order chi connectivity index (χ0) is 43.4. The Morgan fingerprint density at radius 1 is 0.266 bits per heavy atom. The van der Waals surface area contributed by atoms with Gasteiger partial charge in [-0.3, -0.25) is 0 Å². The van der Waals surface area contributed by atoms with Crippen molar-refractivity contribution in [1.82, 2.24) is 0 Å². The van der Waals surface area contributed by atoms with E-state index in [2.05, 4.69) is 216 Å². The molecular formula is C60H42BBrO2. The van der Waals surface area contributed by atoms with Crippen LogP contribution < -0.4 is 5.46 Å². The van der Waals surface area contributed by atoms with Crippen LogP contribution in [0.5, 0.6) is 0 Å². The summed E-state index contributed by atoms with van der Waals surface area (Å²) < 4.78 is 1.19. The summed E-state index contributed by atoms with van der Waals surface area (Å²) in [6, 6.07) is 84.7. The first-order valence-corrected chi connectivity index (χ1v) is 22.3. The first-order chi connectivity index (χ1) is 31.5. The van der Waals surface area contributed by atoms with E-state index >= 15 is 0 Å². The lowest BCUT2D eigenvalue weighted by molar-refractivity contribution is 0.426. The van der Waals surface area contributed by atoms with Crippen molar-refractivity contribution in [1.29, 1.82) is 0 Å². The molecule has 0 radical (unpaired) electrons. The van der Waals surface area contributed by atoms with E-state index in [9.17, 15) is 10.0 Å². The minimum atomic E-state index is -1.43. The Bertz CT molecular complexity index is 3530. The van der Waals surface area contributed by atoms with Crippen LogP contribution >= 0.6 is 15.9 Å². The monoisotopic (exact) mass is 884 g/mol. The van der Waals surface area contributed by atoms with E-state index in [1.807, 2.05) is 30.3 Å². The summed E-state index contributed by atoms with van der Waals surface area (Å²) in [6.45, 7) is 0. The minimum absolute atomic E-state index is 0.505. The smallest absolute Gasteiger partial charge is 0.423 e. The Labute approximate surface area is 381 Å². The fourth-order valence-electron chi connectivity index (χ4n) is 8.75. The first kappa shape index (κ1) is 40.7. The highest BCUT2D eigenvalue weighted by Crippen LogP contribution is 2.38. The highest BCUT2D eigenvalue weighted by molar-refractivity contribution is 9.10. The fraction of sp³-hybridized carbons (Fsp3) is 0. The van der Waals surface area contributed by atoms with Gasteiger partial charge in [-0.05, 0) is 150 Å². The number of halogens is 1. The Hall–Kier alpha value is -7.34. The molecule has 0 amide bonds. The normalized spacial score (nSPS) is 11.0. The molecule has 0 saturated heterocycles. The van der Waals surface area contributed by atoms with Crippen LogP contribution in [0.1, 0.15) is 0 Å². The molecule has 0 heterocycles. The van der Waals surface area contributed by atoms with Crippen LogP contribution in [0, 0.1) is 0 Å². The Morgan fingerprint density at radius 2 is 0.625 bits per heavy atom. The van der Waals surface area contributed by atoms with Gasteiger partial charge in [0.05, 0.1) is 0 Å². The van der Waals surface area contributed by atoms with Gasteiger partial charge in [-0.1, -0.05) is 212 Å². The lowest BCUT2D eigenvalue weighted by Crippen LogP contribution is -2.29. The van der Waals surface area contributed by atoms with Crippen molar-refractivity contribution in [3.63, 3.8) is 0 Å². The van der Waals surface area contributed by atoms with Crippen LogP contribution in [0.3, 0.4) is 0 Å². The van der Waals surface area contributed by atoms with Crippen LogP contribution in [0.4, 0.5) is 0 Å². The minimum Gasteiger partial charge on any atom is -0.423 e. The van der Waals surface area contributed by atoms with Gasteiger partial charge >= 0.3 is 7.12 Å². The second-order valence-electron chi connectivity index (χ2n) is 16.0. The third kappa shape index (κ3) is 8.43. The third-order valence-electron chi connectivity index (χ3n) is 12.0. The molecule has 0 aliphatic heterocycles. The standard InChI is InChI=1S/C30H20.C16H13BO2.C14H9Br/c1-2-9-22-18-24(17-16-21(22)8-1)23-12-7-13-27(19-23)30-28-14-5-3-10-25(28)20-26-11-4-6-15-29(26)30;18-17(19)16-7-3-6-14(11-16)15-9-8-12-4-1-2-5-13(12)10-15;15-14-12-7-3-1-5-10(12)9-11-6-2-4-8-13(11)14/h1-20H;1-11,18-19H;1-9H. The molecule has 304 valence electrons. The average Bonchev–Trinajstić information content (AvgIpc) is 3.36. The number of benzene rings is 12. The summed E-state index contributed by atoms with van der Waals surface area (Å²) in [7, 11) is -1.43. The number of hydrogen-bond donors (Lipinski definition) is 2. The molecule has 0 saturated carbocycles. The molecule has 0 unspecified atom stereocenters. The molecule has 2 nitrogen and oxygen atoms in total. The van der Waals surface area contributed by atoms with Crippen molar-refractivity contribution in [2.24, 2.45) is 0 Å². The van der Waals surface area contributed by atoms with E-state index in [1.165, 1.54) is 91.4 Å². The van der Waals surface area contributed by atoms with Gasteiger partial charge in [-0.2, -0.15) is 0 Å². The number of hydrogen-bond acceptors (Lipinski definition) is 2. The zero-order valence-corrected chi connectivity index (χ0v) is 36.5. The predicted molar refractivity (Wildman–Crippen MR) is 278 cm³/mol. The molecule has 12 aromatic rings. The van der Waals surface area contributed by atoms with E-state index < -0.39 is 7.12 Å². The van der Waals surface area contributed by atoms with Crippen LogP contribution in [0.25, 0.3) is 98.0 Å². The van der Waals surface area contributed by atoms with E-state index in [0.717, 1.165) is 11.1 Å². The van der Waals surface area contributed by atoms with Crippen molar-refractivity contribution in [3.05, 3.63) is 247 Å². The predicted octanol–water partition coefficient (Wildman–Crippen LogP) is 15.4. The lowest BCUT2D eigenvalue weighted by Gasteiger charge is -2.13. The molecule has 0 aromatic heterocycles. The summed E-state index contributed by atoms with van der Waals surface area (Å²) in [5.41, 5.74) is 7.62. The van der Waals surface area contributed by atoms with E-state index in [4.69, 9.17) is 0 Å². The van der Waals surface area contributed by atoms with Gasteiger partial charge in [0.2, 0.25) is 0 Å². The summed E-state index contributed by atoms with van der Waals surface area (Å²) in [5.74, 6) is 0. The van der Waals surface area contributed by atoms with Gasteiger partial charge in [0, 0.05) is 4.47 Å². The van der Waals surface area contributed by atoms with Crippen molar-refractivity contribution in [3.8, 4) is 33.4 Å². The van der Waals surface area contributed by atoms with Crippen molar-refractivity contribution >= 4 is 93.1 Å². The second-order valence-corrected chi connectivity index (χ2v) is 16.8. The van der Waals surface area contributed by atoms with Gasteiger partial charge in [0.25, 0.3) is 0 Å². The molecule has 12 rings (SSSR count). The maximum atomic E-state index is 9.22. The third-order valence-corrected chi connectivity index (χ3v) is 12.8. The summed E-state index contributed by atoms with van der Waals surface area (Å²) >= 11 is 3.68. The quantitative estimate of drug-likeness (QED) is 0.137. The van der Waals surface area contributed by atoms with Crippen LogP contribution in [0.2, 0.25) is 0 Å². The topological polar surface area (TPSA) is 40.5 Å². The van der Waals surface area contributed by atoms with Crippen LogP contribution in [0.15, 0.2) is 247 Å². The van der Waals surface area contributed by atoms with Gasteiger partial charge in [0.1, 0.15) is 0 Å². The van der Waals surface area contributed by atoms with Gasteiger partial charge in [-0.15, -0.1) is 0 Å². The average molecular weight is 886 g/mol. The summed E-state index contributed by atoms with van der Waals surface area (Å²) in [4.78, 5) is 0. The summed E-state index contributed by atoms with van der Waals surface area (Å²) in [6.07, 6.45) is 0. The van der Waals surface area contributed by atoms with Crippen LogP contribution in [-0.4, -0.2) is 17.2 Å². The molecule has 0 atom stereocenters. The SMILES string of the molecule is Brc1c2ccccc2cc2ccccc12.OB(O)c1cccc(-c2ccc3ccccc3c2)c1.c1cc(-c2ccc3ccccc3c2)cc(-c2c3ccccc3cc3ccccc23)c1. The Morgan fingerprint density at radius 3 is 1.11 bits per heavy atom. The zero-order valence-electron chi connectivity index (χ0n) is 34.9. The van der Waals surface area contributed by atoms with Crippen LogP contribution in [-0.2, 0) is 0 Å². The van der Waals surface area contributed by atoms with Gasteiger partial charge in [-0.25, -0.2) is 0 Å². The molecule has 0 spiro atoms. The largest absolute Gasteiger partial charge is 0.488 e. The van der Waals surface area contributed by atoms with Crippen molar-refractivity contribution < 1.29 is 10.0 Å². The highest BCUT2D eigenvalue weighted by Gasteiger charge is 2.13. The molecule has 0 bridgehead atoms. The molecule has 64 heavy (non-hydrogen) atoms. The lowest BCUT2D eigenvalue weighted by atomic mass is 9.79. The van der Waals surface area contributed by atoms with Gasteiger partial charge < -0.3 is 10.0 Å². The van der Waals surface area contributed by atoms with Gasteiger partial charge in [0.15, 0.2) is 0 Å². The molecule has 0 fully saturated rings. The van der Waals surface area contributed by atoms with Crippen molar-refractivity contribution in [2.75, 3.05) is 0 Å². The number of fused-ring (bicyclic) bond motifs is 6. The van der Waals surface area contributed by atoms with E-state index in [-0.39, 0.29) is 0 Å². The second kappa shape index (κ2) is 18.2. The van der Waals surface area contributed by atoms with E-state index in [0.29, 0.717) is 5.46 Å². The first-order valence-electron chi connectivity index (χ1n) is 21.5. The Kier molecular flexibility index (Phi) is 11.6. The molecular weight excluding hydrogens is 843 g/mol. The molecule has 4 heteroatoms. The summed E-state index contributed by atoms with van der Waals surface area (Å²) in [5, 5.41) is 33.6. The van der Waals surface area contributed by atoms with E-state index in [1.54, 1.807) is 12.1 Å². The molecule has 2 N–H and O–H groups in total. The molecule has 12 aromatic carbocycles.